The molecule has 0 radical (unpaired) electrons. The van der Waals surface area contributed by atoms with Crippen LogP contribution in [-0.2, 0) is 19.3 Å². The number of nitrogens with zero attached hydrogens (tertiary/aromatic N) is 5. The highest BCUT2D eigenvalue weighted by atomic mass is 19.4. The van der Waals surface area contributed by atoms with Crippen LogP contribution in [0, 0.1) is 5.92 Å². The second kappa shape index (κ2) is 7.98. The molecule has 9 heteroatoms. The van der Waals surface area contributed by atoms with Gasteiger partial charge in [-0.05, 0) is 48.6 Å². The smallest absolute Gasteiger partial charge is 0.365 e. The van der Waals surface area contributed by atoms with Gasteiger partial charge in [-0.3, -0.25) is 4.90 Å². The molecule has 1 fully saturated rings. The summed E-state index contributed by atoms with van der Waals surface area (Å²) in [5.74, 6) is -0.0865. The van der Waals surface area contributed by atoms with Gasteiger partial charge >= 0.3 is 6.18 Å². The highest BCUT2D eigenvalue weighted by Gasteiger charge is 2.37. The van der Waals surface area contributed by atoms with Crippen LogP contribution in [0.4, 0.5) is 19.0 Å². The van der Waals surface area contributed by atoms with Crippen LogP contribution < -0.4 is 5.32 Å². The second-order valence-electron chi connectivity index (χ2n) is 7.61. The monoisotopic (exact) mass is 404 g/mol. The zero-order valence-corrected chi connectivity index (χ0v) is 16.2. The van der Waals surface area contributed by atoms with Crippen LogP contribution in [0.2, 0.25) is 0 Å². The number of hydrogen-bond donors (Lipinski definition) is 1. The van der Waals surface area contributed by atoms with Crippen molar-refractivity contribution in [1.29, 1.82) is 0 Å². The first-order valence-corrected chi connectivity index (χ1v) is 9.73. The van der Waals surface area contributed by atoms with Gasteiger partial charge in [0.05, 0.1) is 0 Å². The third-order valence-corrected chi connectivity index (χ3v) is 5.23. The van der Waals surface area contributed by atoms with E-state index in [0.29, 0.717) is 18.3 Å². The van der Waals surface area contributed by atoms with E-state index in [4.69, 9.17) is 0 Å². The van der Waals surface area contributed by atoms with Crippen molar-refractivity contribution in [3.05, 3.63) is 53.3 Å². The Balaban J connectivity index is 1.49. The average molecular weight is 404 g/mol. The van der Waals surface area contributed by atoms with Gasteiger partial charge in [0.2, 0.25) is 0 Å². The van der Waals surface area contributed by atoms with Crippen LogP contribution in [0.3, 0.4) is 0 Å². The molecule has 4 rings (SSSR count). The van der Waals surface area contributed by atoms with Gasteiger partial charge in [-0.25, -0.2) is 0 Å². The molecule has 3 aromatic rings. The molecule has 1 aliphatic rings. The van der Waals surface area contributed by atoms with Crippen LogP contribution in [0.1, 0.15) is 36.7 Å². The minimum atomic E-state index is -4.61. The Labute approximate surface area is 166 Å². The number of halogens is 3. The van der Waals surface area contributed by atoms with Crippen molar-refractivity contribution >= 4 is 11.5 Å². The Morgan fingerprint density at radius 1 is 1.10 bits per heavy atom. The molecule has 6 nitrogen and oxygen atoms in total. The Morgan fingerprint density at radius 2 is 1.90 bits per heavy atom. The fourth-order valence-electron chi connectivity index (χ4n) is 3.80. The number of aromatic nitrogens is 4. The Bertz CT molecular complexity index is 984. The van der Waals surface area contributed by atoms with Crippen LogP contribution in [0.15, 0.2) is 36.4 Å². The normalized spacial score (nSPS) is 18.3. The number of anilines is 1. The standard InChI is InChI=1S/C20H23F3N6/c1-14-5-4-10-28(12-14)13-16-7-3-2-6-15(16)11-24-17-8-9-18-25-26-19(20(21,22)23)29(18)27-17/h2-3,6-9,14H,4-5,10-13H2,1H3,(H,24,27). The van der Waals surface area contributed by atoms with Crippen LogP contribution >= 0.6 is 0 Å². The number of alkyl halides is 3. The van der Waals surface area contributed by atoms with Gasteiger partial charge in [0.15, 0.2) is 5.65 Å². The average Bonchev–Trinajstić information content (AvgIpc) is 3.11. The summed E-state index contributed by atoms with van der Waals surface area (Å²) in [6.45, 7) is 5.81. The maximum absolute atomic E-state index is 13.0. The fraction of sp³-hybridized carbons (Fsp3) is 0.450. The van der Waals surface area contributed by atoms with E-state index in [1.165, 1.54) is 24.5 Å². The summed E-state index contributed by atoms with van der Waals surface area (Å²) in [5, 5.41) is 13.9. The maximum Gasteiger partial charge on any atom is 0.453 e. The van der Waals surface area contributed by atoms with E-state index >= 15 is 0 Å². The summed E-state index contributed by atoms with van der Waals surface area (Å²) in [5.41, 5.74) is 2.38. The molecule has 1 N–H and O–H groups in total. The van der Waals surface area contributed by atoms with Gasteiger partial charge in [0.1, 0.15) is 5.82 Å². The van der Waals surface area contributed by atoms with Crippen molar-refractivity contribution in [2.24, 2.45) is 5.92 Å². The molecule has 154 valence electrons. The molecule has 0 saturated carbocycles. The van der Waals surface area contributed by atoms with Crippen molar-refractivity contribution in [2.75, 3.05) is 18.4 Å². The number of piperidine rings is 1. The first-order chi connectivity index (χ1) is 13.9. The predicted molar refractivity (Wildman–Crippen MR) is 103 cm³/mol. The lowest BCUT2D eigenvalue weighted by Crippen LogP contribution is -2.34. The molecule has 0 amide bonds. The van der Waals surface area contributed by atoms with Crippen molar-refractivity contribution in [2.45, 2.75) is 39.0 Å². The van der Waals surface area contributed by atoms with E-state index in [9.17, 15) is 13.2 Å². The molecule has 1 aliphatic heterocycles. The molecule has 1 saturated heterocycles. The summed E-state index contributed by atoms with van der Waals surface area (Å²) in [6.07, 6.45) is -2.12. The van der Waals surface area contributed by atoms with Crippen LogP contribution in [0.25, 0.3) is 5.65 Å². The lowest BCUT2D eigenvalue weighted by Gasteiger charge is -2.31. The molecule has 0 bridgehead atoms. The molecule has 1 atom stereocenters. The van der Waals surface area contributed by atoms with Gasteiger partial charge < -0.3 is 5.32 Å². The molecular weight excluding hydrogens is 381 g/mol. The zero-order chi connectivity index (χ0) is 20.4. The van der Waals surface area contributed by atoms with Crippen LogP contribution in [-0.4, -0.2) is 37.8 Å². The quantitative estimate of drug-likeness (QED) is 0.697. The number of nitrogens with one attached hydrogen (secondary N) is 1. The van der Waals surface area contributed by atoms with E-state index in [0.717, 1.165) is 29.7 Å². The largest absolute Gasteiger partial charge is 0.453 e. The molecule has 0 aliphatic carbocycles. The number of rotatable bonds is 5. The summed E-state index contributed by atoms with van der Waals surface area (Å²) in [7, 11) is 0. The summed E-state index contributed by atoms with van der Waals surface area (Å²) >= 11 is 0. The van der Waals surface area contributed by atoms with Crippen LogP contribution in [0.5, 0.6) is 0 Å². The summed E-state index contributed by atoms with van der Waals surface area (Å²) < 4.78 is 39.9. The molecule has 1 unspecified atom stereocenters. The molecule has 0 spiro atoms. The lowest BCUT2D eigenvalue weighted by molar-refractivity contribution is -0.146. The van der Waals surface area contributed by atoms with E-state index in [1.807, 2.05) is 18.2 Å². The second-order valence-corrected chi connectivity index (χ2v) is 7.61. The maximum atomic E-state index is 13.0. The first-order valence-electron chi connectivity index (χ1n) is 9.73. The van der Waals surface area contributed by atoms with E-state index in [2.05, 4.69) is 38.5 Å². The van der Waals surface area contributed by atoms with Gasteiger partial charge in [-0.1, -0.05) is 31.2 Å². The third-order valence-electron chi connectivity index (χ3n) is 5.23. The minimum Gasteiger partial charge on any atom is -0.365 e. The number of hydrogen-bond acceptors (Lipinski definition) is 5. The van der Waals surface area contributed by atoms with E-state index < -0.39 is 12.0 Å². The molecule has 3 heterocycles. The highest BCUT2D eigenvalue weighted by molar-refractivity contribution is 5.45. The molecular formula is C20H23F3N6. The fourth-order valence-corrected chi connectivity index (χ4v) is 3.80. The first kappa shape index (κ1) is 19.6. The molecule has 1 aromatic carbocycles. The Hall–Kier alpha value is -2.68. The third kappa shape index (κ3) is 4.50. The van der Waals surface area contributed by atoms with E-state index in [-0.39, 0.29) is 5.65 Å². The molecule has 2 aromatic heterocycles. The topological polar surface area (TPSA) is 58.3 Å². The summed E-state index contributed by atoms with van der Waals surface area (Å²) in [6, 6.07) is 11.2. The van der Waals surface area contributed by atoms with Crippen molar-refractivity contribution < 1.29 is 13.2 Å². The molecule has 29 heavy (non-hydrogen) atoms. The van der Waals surface area contributed by atoms with E-state index in [1.54, 1.807) is 6.07 Å². The number of likely N-dealkylation sites (tertiary alicyclic amines) is 1. The SMILES string of the molecule is CC1CCCN(Cc2ccccc2CNc2ccc3nnc(C(F)(F)F)n3n2)C1. The predicted octanol–water partition coefficient (Wildman–Crippen LogP) is 3.99. The van der Waals surface area contributed by atoms with Crippen molar-refractivity contribution in [3.8, 4) is 0 Å². The lowest BCUT2D eigenvalue weighted by atomic mass is 9.99. The highest BCUT2D eigenvalue weighted by Crippen LogP contribution is 2.27. The number of benzene rings is 1. The van der Waals surface area contributed by atoms with Gasteiger partial charge in [-0.2, -0.15) is 17.7 Å². The van der Waals surface area contributed by atoms with Gasteiger partial charge in [0, 0.05) is 19.6 Å². The minimum absolute atomic E-state index is 0.0579. The van der Waals surface area contributed by atoms with Gasteiger partial charge in [-0.15, -0.1) is 15.3 Å². The van der Waals surface area contributed by atoms with Crippen molar-refractivity contribution in [3.63, 3.8) is 0 Å². The Morgan fingerprint density at radius 3 is 2.66 bits per heavy atom. The zero-order valence-electron chi connectivity index (χ0n) is 16.2. The Kier molecular flexibility index (Phi) is 5.40. The van der Waals surface area contributed by atoms with Gasteiger partial charge in [0.25, 0.3) is 5.82 Å². The number of fused-ring (bicyclic) bond motifs is 1. The summed E-state index contributed by atoms with van der Waals surface area (Å²) in [4.78, 5) is 2.46. The van der Waals surface area contributed by atoms with Crippen molar-refractivity contribution in [1.82, 2.24) is 24.7 Å².